The molecule has 0 aromatic heterocycles. The molecular weight excluding hydrogens is 326 g/mol. The zero-order valence-corrected chi connectivity index (χ0v) is 14.3. The number of hydrogen-bond donors (Lipinski definition) is 3. The Morgan fingerprint density at radius 3 is 2.64 bits per heavy atom. The fourth-order valence-electron chi connectivity index (χ4n) is 2.27. The number of amides is 2. The zero-order valence-electron chi connectivity index (χ0n) is 14.3. The number of benzene rings is 1. The van der Waals surface area contributed by atoms with E-state index in [0.717, 1.165) is 0 Å². The minimum Gasteiger partial charge on any atom is -0.464 e. The summed E-state index contributed by atoms with van der Waals surface area (Å²) < 4.78 is 10.1. The van der Waals surface area contributed by atoms with Gasteiger partial charge in [-0.1, -0.05) is 0 Å². The van der Waals surface area contributed by atoms with E-state index in [9.17, 15) is 14.4 Å². The molecule has 1 saturated heterocycles. The number of carbonyl (C=O) groups excluding carboxylic acids is 3. The molecule has 3 N–H and O–H groups in total. The molecule has 136 valence electrons. The van der Waals surface area contributed by atoms with Crippen LogP contribution in [0, 0.1) is 0 Å². The molecule has 1 aromatic carbocycles. The molecule has 0 radical (unpaired) electrons. The lowest BCUT2D eigenvalue weighted by Gasteiger charge is -2.22. The van der Waals surface area contributed by atoms with E-state index in [1.807, 2.05) is 0 Å². The van der Waals surface area contributed by atoms with Crippen LogP contribution in [0.25, 0.3) is 0 Å². The Morgan fingerprint density at radius 2 is 2.04 bits per heavy atom. The molecule has 0 bridgehead atoms. The minimum atomic E-state index is -0.732. The van der Waals surface area contributed by atoms with Crippen LogP contribution in [0.1, 0.15) is 24.2 Å². The second-order valence-electron chi connectivity index (χ2n) is 5.60. The first-order chi connectivity index (χ1) is 12.0. The molecule has 0 spiro atoms. The van der Waals surface area contributed by atoms with Crippen molar-refractivity contribution in [1.29, 1.82) is 0 Å². The van der Waals surface area contributed by atoms with E-state index in [-0.39, 0.29) is 24.5 Å². The van der Waals surface area contributed by atoms with Crippen molar-refractivity contribution in [3.8, 4) is 0 Å². The van der Waals surface area contributed by atoms with E-state index in [1.165, 1.54) is 0 Å². The molecule has 1 aliphatic heterocycles. The first kappa shape index (κ1) is 18.9. The quantitative estimate of drug-likeness (QED) is 0.638. The third kappa shape index (κ3) is 5.54. The van der Waals surface area contributed by atoms with Crippen molar-refractivity contribution in [2.45, 2.75) is 25.9 Å². The second-order valence-corrected chi connectivity index (χ2v) is 5.60. The Bertz CT molecular complexity index is 611. The van der Waals surface area contributed by atoms with Crippen molar-refractivity contribution >= 4 is 23.5 Å². The lowest BCUT2D eigenvalue weighted by molar-refractivity contribution is -0.144. The Kier molecular flexibility index (Phi) is 6.91. The first-order valence-corrected chi connectivity index (χ1v) is 8.20. The number of hydrogen-bond acceptors (Lipinski definition) is 6. The van der Waals surface area contributed by atoms with Crippen LogP contribution >= 0.6 is 0 Å². The molecule has 8 heteroatoms. The van der Waals surface area contributed by atoms with E-state index in [0.29, 0.717) is 31.0 Å². The molecular formula is C17H23N3O5. The SMILES string of the molecule is CCOC(=O)C(C)NC(=O)c1ccc(NC(=O)C2COCCN2)cc1. The number of nitrogens with one attached hydrogen (secondary N) is 3. The lowest BCUT2D eigenvalue weighted by Crippen LogP contribution is -2.48. The van der Waals surface area contributed by atoms with E-state index in [4.69, 9.17) is 9.47 Å². The van der Waals surface area contributed by atoms with Gasteiger partial charge in [0.15, 0.2) is 0 Å². The third-order valence-electron chi connectivity index (χ3n) is 3.64. The molecule has 8 nitrogen and oxygen atoms in total. The normalized spacial score (nSPS) is 18.1. The summed E-state index contributed by atoms with van der Waals surface area (Å²) in [7, 11) is 0. The number of esters is 1. The largest absolute Gasteiger partial charge is 0.464 e. The van der Waals surface area contributed by atoms with Crippen molar-refractivity contribution in [2.24, 2.45) is 0 Å². The van der Waals surface area contributed by atoms with Crippen LogP contribution in [0.5, 0.6) is 0 Å². The van der Waals surface area contributed by atoms with Crippen LogP contribution in [-0.2, 0) is 19.1 Å². The van der Waals surface area contributed by atoms with Gasteiger partial charge in [0, 0.05) is 17.8 Å². The van der Waals surface area contributed by atoms with Gasteiger partial charge in [-0.05, 0) is 38.1 Å². The summed E-state index contributed by atoms with van der Waals surface area (Å²) in [5.41, 5.74) is 0.959. The van der Waals surface area contributed by atoms with Gasteiger partial charge in [-0.2, -0.15) is 0 Å². The van der Waals surface area contributed by atoms with Gasteiger partial charge in [0.1, 0.15) is 12.1 Å². The Balaban J connectivity index is 1.89. The fourth-order valence-corrected chi connectivity index (χ4v) is 2.27. The van der Waals surface area contributed by atoms with Crippen LogP contribution in [0.3, 0.4) is 0 Å². The van der Waals surface area contributed by atoms with Crippen LogP contribution in [0.2, 0.25) is 0 Å². The summed E-state index contributed by atoms with van der Waals surface area (Å²) in [5.74, 6) is -1.06. The van der Waals surface area contributed by atoms with Crippen molar-refractivity contribution < 1.29 is 23.9 Å². The number of rotatable bonds is 6. The molecule has 1 heterocycles. The highest BCUT2D eigenvalue weighted by Gasteiger charge is 2.21. The predicted molar refractivity (Wildman–Crippen MR) is 91.2 cm³/mol. The Morgan fingerprint density at radius 1 is 1.32 bits per heavy atom. The van der Waals surface area contributed by atoms with Gasteiger partial charge < -0.3 is 25.4 Å². The second kappa shape index (κ2) is 9.14. The topological polar surface area (TPSA) is 106 Å². The van der Waals surface area contributed by atoms with E-state index in [2.05, 4.69) is 16.0 Å². The number of anilines is 1. The molecule has 1 aromatic rings. The summed E-state index contributed by atoms with van der Waals surface area (Å²) >= 11 is 0. The van der Waals surface area contributed by atoms with Gasteiger partial charge in [-0.25, -0.2) is 4.79 Å². The highest BCUT2D eigenvalue weighted by atomic mass is 16.5. The summed E-state index contributed by atoms with van der Waals surface area (Å²) in [4.78, 5) is 35.7. The highest BCUT2D eigenvalue weighted by molar-refractivity contribution is 5.98. The smallest absolute Gasteiger partial charge is 0.328 e. The molecule has 0 aliphatic carbocycles. The average molecular weight is 349 g/mol. The third-order valence-corrected chi connectivity index (χ3v) is 3.64. The molecule has 2 atom stereocenters. The first-order valence-electron chi connectivity index (χ1n) is 8.20. The lowest BCUT2D eigenvalue weighted by atomic mass is 10.1. The van der Waals surface area contributed by atoms with Crippen LogP contribution in [-0.4, -0.2) is 56.2 Å². The van der Waals surface area contributed by atoms with Crippen LogP contribution in [0.4, 0.5) is 5.69 Å². The zero-order chi connectivity index (χ0) is 18.2. The molecule has 25 heavy (non-hydrogen) atoms. The molecule has 1 aliphatic rings. The molecule has 1 fully saturated rings. The summed E-state index contributed by atoms with van der Waals surface area (Å²) in [6.45, 7) is 5.08. The maximum atomic E-state index is 12.1. The van der Waals surface area contributed by atoms with Gasteiger partial charge in [-0.15, -0.1) is 0 Å². The van der Waals surface area contributed by atoms with Gasteiger partial charge in [-0.3, -0.25) is 9.59 Å². The summed E-state index contributed by atoms with van der Waals surface area (Å²) in [5, 5.41) is 8.40. The van der Waals surface area contributed by atoms with Gasteiger partial charge in [0.2, 0.25) is 5.91 Å². The number of ether oxygens (including phenoxy) is 2. The highest BCUT2D eigenvalue weighted by Crippen LogP contribution is 2.11. The molecule has 2 rings (SSSR count). The van der Waals surface area contributed by atoms with E-state index < -0.39 is 12.0 Å². The maximum Gasteiger partial charge on any atom is 0.328 e. The van der Waals surface area contributed by atoms with Gasteiger partial charge in [0.25, 0.3) is 5.91 Å². The van der Waals surface area contributed by atoms with Crippen molar-refractivity contribution in [3.05, 3.63) is 29.8 Å². The Labute approximate surface area is 146 Å². The number of morpholine rings is 1. The van der Waals surface area contributed by atoms with E-state index in [1.54, 1.807) is 38.1 Å². The van der Waals surface area contributed by atoms with Crippen LogP contribution in [0.15, 0.2) is 24.3 Å². The van der Waals surface area contributed by atoms with Crippen molar-refractivity contribution in [1.82, 2.24) is 10.6 Å². The molecule has 2 unspecified atom stereocenters. The monoisotopic (exact) mass is 349 g/mol. The van der Waals surface area contributed by atoms with Gasteiger partial charge >= 0.3 is 5.97 Å². The van der Waals surface area contributed by atoms with Crippen molar-refractivity contribution in [2.75, 3.05) is 31.7 Å². The number of carbonyl (C=O) groups is 3. The average Bonchev–Trinajstić information content (AvgIpc) is 2.63. The standard InChI is InChI=1S/C17H23N3O5/c1-3-25-17(23)11(2)19-15(21)12-4-6-13(7-5-12)20-16(22)14-10-24-9-8-18-14/h4-7,11,14,18H,3,8-10H2,1-2H3,(H,19,21)(H,20,22). The molecule has 0 saturated carbocycles. The predicted octanol–water partition coefficient (Wildman–Crippen LogP) is 0.295. The fraction of sp³-hybridized carbons (Fsp3) is 0.471. The maximum absolute atomic E-state index is 12.1. The summed E-state index contributed by atoms with van der Waals surface area (Å²) in [6, 6.07) is 5.30. The van der Waals surface area contributed by atoms with Crippen molar-refractivity contribution in [3.63, 3.8) is 0 Å². The van der Waals surface area contributed by atoms with Crippen LogP contribution < -0.4 is 16.0 Å². The van der Waals surface area contributed by atoms with Gasteiger partial charge in [0.05, 0.1) is 19.8 Å². The molecule has 2 amide bonds. The van der Waals surface area contributed by atoms with E-state index >= 15 is 0 Å². The minimum absolute atomic E-state index is 0.187. The Hall–Kier alpha value is -2.45. The summed E-state index contributed by atoms with van der Waals surface area (Å²) in [6.07, 6.45) is 0.